The van der Waals surface area contributed by atoms with Crippen molar-refractivity contribution in [3.8, 4) is 0 Å². The molecule has 3 rings (SSSR count). The highest BCUT2D eigenvalue weighted by atomic mass is 35.5. The molecule has 0 aliphatic carbocycles. The molecule has 9 nitrogen and oxygen atoms in total. The van der Waals surface area contributed by atoms with Crippen molar-refractivity contribution < 1.29 is 9.72 Å². The maximum Gasteiger partial charge on any atom is 0.271 e. The van der Waals surface area contributed by atoms with Crippen LogP contribution in [0.25, 0.3) is 0 Å². The Bertz CT molecular complexity index is 827. The van der Waals surface area contributed by atoms with Crippen molar-refractivity contribution >= 4 is 34.8 Å². The SMILES string of the molecule is C[C@H](C(=O)Nc1cc([N+](=O)[O-])ccc1Cl)N1CCN(c2ncccn2)CC1. The van der Waals surface area contributed by atoms with Gasteiger partial charge in [0.05, 0.1) is 21.7 Å². The van der Waals surface area contributed by atoms with Gasteiger partial charge in [0.25, 0.3) is 5.69 Å². The first-order valence-corrected chi connectivity index (χ1v) is 8.84. The molecule has 0 saturated carbocycles. The Morgan fingerprint density at radius 1 is 1.26 bits per heavy atom. The second-order valence-corrected chi connectivity index (χ2v) is 6.57. The lowest BCUT2D eigenvalue weighted by molar-refractivity contribution is -0.384. The highest BCUT2D eigenvalue weighted by Gasteiger charge is 2.27. The molecule has 10 heteroatoms. The molecule has 1 fully saturated rings. The zero-order valence-corrected chi connectivity index (χ0v) is 15.5. The van der Waals surface area contributed by atoms with Crippen LogP contribution in [0.3, 0.4) is 0 Å². The zero-order chi connectivity index (χ0) is 19.4. The number of piperazine rings is 1. The Kier molecular flexibility index (Phi) is 5.82. The van der Waals surface area contributed by atoms with Gasteiger partial charge in [0, 0.05) is 50.7 Å². The first-order chi connectivity index (χ1) is 13.0. The predicted octanol–water partition coefficient (Wildman–Crippen LogP) is 2.19. The smallest absolute Gasteiger partial charge is 0.271 e. The Morgan fingerprint density at radius 3 is 2.56 bits per heavy atom. The van der Waals surface area contributed by atoms with Crippen molar-refractivity contribution in [1.82, 2.24) is 14.9 Å². The third-order valence-electron chi connectivity index (χ3n) is 4.50. The molecular weight excluding hydrogens is 372 g/mol. The number of amides is 1. The molecule has 0 radical (unpaired) electrons. The fourth-order valence-electron chi connectivity index (χ4n) is 2.89. The number of carbonyl (C=O) groups is 1. The molecule has 0 unspecified atom stereocenters. The van der Waals surface area contributed by atoms with Crippen LogP contribution < -0.4 is 10.2 Å². The number of rotatable bonds is 5. The van der Waals surface area contributed by atoms with Gasteiger partial charge in [0.1, 0.15) is 0 Å². The van der Waals surface area contributed by atoms with Crippen LogP contribution in [0.5, 0.6) is 0 Å². The summed E-state index contributed by atoms with van der Waals surface area (Å²) in [6, 6.07) is 5.33. The second-order valence-electron chi connectivity index (χ2n) is 6.16. The van der Waals surface area contributed by atoms with Crippen molar-refractivity contribution in [1.29, 1.82) is 0 Å². The normalized spacial score (nSPS) is 16.0. The van der Waals surface area contributed by atoms with Crippen LogP contribution in [0.2, 0.25) is 5.02 Å². The maximum absolute atomic E-state index is 12.6. The Hall–Kier alpha value is -2.78. The minimum atomic E-state index is -0.527. The van der Waals surface area contributed by atoms with E-state index in [4.69, 9.17) is 11.6 Å². The highest BCUT2D eigenvalue weighted by molar-refractivity contribution is 6.33. The van der Waals surface area contributed by atoms with Gasteiger partial charge >= 0.3 is 0 Å². The van der Waals surface area contributed by atoms with E-state index in [9.17, 15) is 14.9 Å². The number of anilines is 2. The van der Waals surface area contributed by atoms with Crippen LogP contribution in [-0.2, 0) is 4.79 Å². The molecular formula is C17H19ClN6O3. The van der Waals surface area contributed by atoms with Gasteiger partial charge in [0.2, 0.25) is 11.9 Å². The van der Waals surface area contributed by atoms with Gasteiger partial charge in [-0.15, -0.1) is 0 Å². The van der Waals surface area contributed by atoms with Crippen LogP contribution >= 0.6 is 11.6 Å². The molecule has 2 heterocycles. The molecule has 2 aromatic rings. The highest BCUT2D eigenvalue weighted by Crippen LogP contribution is 2.27. The molecule has 142 valence electrons. The van der Waals surface area contributed by atoms with E-state index >= 15 is 0 Å². The van der Waals surface area contributed by atoms with Gasteiger partial charge < -0.3 is 10.2 Å². The summed E-state index contributed by atoms with van der Waals surface area (Å²) in [5.74, 6) is 0.416. The molecule has 1 aliphatic heterocycles. The number of aromatic nitrogens is 2. The summed E-state index contributed by atoms with van der Waals surface area (Å²) < 4.78 is 0. The van der Waals surface area contributed by atoms with Gasteiger partial charge in [-0.1, -0.05) is 11.6 Å². The third-order valence-corrected chi connectivity index (χ3v) is 4.82. The fraction of sp³-hybridized carbons (Fsp3) is 0.353. The molecule has 1 atom stereocenters. The number of nitro groups is 1. The van der Waals surface area contributed by atoms with Crippen LogP contribution in [0.15, 0.2) is 36.7 Å². The van der Waals surface area contributed by atoms with Gasteiger partial charge in [-0.05, 0) is 19.1 Å². The maximum atomic E-state index is 12.6. The summed E-state index contributed by atoms with van der Waals surface area (Å²) >= 11 is 6.05. The average molecular weight is 391 g/mol. The molecule has 0 bridgehead atoms. The topological polar surface area (TPSA) is 104 Å². The van der Waals surface area contributed by atoms with Gasteiger partial charge in [-0.25, -0.2) is 9.97 Å². The van der Waals surface area contributed by atoms with E-state index in [-0.39, 0.29) is 22.3 Å². The molecule has 1 aliphatic rings. The van der Waals surface area contributed by atoms with Gasteiger partial charge in [0.15, 0.2) is 0 Å². The first-order valence-electron chi connectivity index (χ1n) is 8.46. The number of nitrogens with zero attached hydrogens (tertiary/aromatic N) is 5. The molecule has 1 aromatic carbocycles. The lowest BCUT2D eigenvalue weighted by atomic mass is 10.2. The van der Waals surface area contributed by atoms with Gasteiger partial charge in [-0.2, -0.15) is 0 Å². The number of nitro benzene ring substituents is 1. The predicted molar refractivity (Wildman–Crippen MR) is 102 cm³/mol. The van der Waals surface area contributed by atoms with Crippen molar-refractivity contribution in [2.75, 3.05) is 36.4 Å². The zero-order valence-electron chi connectivity index (χ0n) is 14.7. The molecule has 1 N–H and O–H groups in total. The van der Waals surface area contributed by atoms with Crippen molar-refractivity contribution in [3.63, 3.8) is 0 Å². The number of halogens is 1. The van der Waals surface area contributed by atoms with E-state index in [0.717, 1.165) is 0 Å². The van der Waals surface area contributed by atoms with Crippen LogP contribution in [0.4, 0.5) is 17.3 Å². The molecule has 0 spiro atoms. The standard InChI is InChI=1S/C17H19ClN6O3/c1-12(16(25)21-15-11-13(24(26)27)3-4-14(15)18)22-7-9-23(10-8-22)17-19-5-2-6-20-17/h2-6,11-12H,7-10H2,1H3,(H,21,25)/t12-/m1/s1. The number of benzene rings is 1. The van der Waals surface area contributed by atoms with Crippen LogP contribution in [0, 0.1) is 10.1 Å². The summed E-state index contributed by atoms with van der Waals surface area (Å²) in [7, 11) is 0. The third kappa shape index (κ3) is 4.50. The Morgan fingerprint density at radius 2 is 1.93 bits per heavy atom. The van der Waals surface area contributed by atoms with E-state index in [0.29, 0.717) is 32.1 Å². The van der Waals surface area contributed by atoms with E-state index in [1.54, 1.807) is 25.4 Å². The largest absolute Gasteiger partial charge is 0.338 e. The van der Waals surface area contributed by atoms with Gasteiger partial charge in [-0.3, -0.25) is 19.8 Å². The summed E-state index contributed by atoms with van der Waals surface area (Å²) in [4.78, 5) is 35.6. The number of carbonyl (C=O) groups excluding carboxylic acids is 1. The number of nitrogens with one attached hydrogen (secondary N) is 1. The fourth-order valence-corrected chi connectivity index (χ4v) is 3.05. The van der Waals surface area contributed by atoms with E-state index in [2.05, 4.69) is 20.2 Å². The van der Waals surface area contributed by atoms with Crippen LogP contribution in [-0.4, -0.2) is 57.9 Å². The lowest BCUT2D eigenvalue weighted by Crippen LogP contribution is -2.53. The molecule has 27 heavy (non-hydrogen) atoms. The van der Waals surface area contributed by atoms with Crippen molar-refractivity contribution in [2.24, 2.45) is 0 Å². The summed E-state index contributed by atoms with van der Waals surface area (Å²) in [6.45, 7) is 4.57. The number of hydrogen-bond donors (Lipinski definition) is 1. The molecule has 1 saturated heterocycles. The summed E-state index contributed by atoms with van der Waals surface area (Å²) in [6.07, 6.45) is 3.40. The van der Waals surface area contributed by atoms with Crippen molar-refractivity contribution in [3.05, 3.63) is 51.8 Å². The minimum absolute atomic E-state index is 0.126. The van der Waals surface area contributed by atoms with Crippen LogP contribution in [0.1, 0.15) is 6.92 Å². The summed E-state index contributed by atoms with van der Waals surface area (Å²) in [5.41, 5.74) is 0.109. The number of hydrogen-bond acceptors (Lipinski definition) is 7. The minimum Gasteiger partial charge on any atom is -0.338 e. The number of non-ortho nitro benzene ring substituents is 1. The Balaban J connectivity index is 1.60. The monoisotopic (exact) mass is 390 g/mol. The van der Waals surface area contributed by atoms with Crippen molar-refractivity contribution in [2.45, 2.75) is 13.0 Å². The van der Waals surface area contributed by atoms with E-state index < -0.39 is 11.0 Å². The average Bonchev–Trinajstić information content (AvgIpc) is 2.69. The van der Waals surface area contributed by atoms with E-state index in [1.807, 2.05) is 4.90 Å². The Labute approximate surface area is 161 Å². The first kappa shape index (κ1) is 19.0. The lowest BCUT2D eigenvalue weighted by Gasteiger charge is -2.37. The quantitative estimate of drug-likeness (QED) is 0.616. The molecule has 1 aromatic heterocycles. The second kappa shape index (κ2) is 8.28. The molecule has 1 amide bonds. The summed E-state index contributed by atoms with van der Waals surface area (Å²) in [5, 5.41) is 13.9. The van der Waals surface area contributed by atoms with E-state index in [1.165, 1.54) is 18.2 Å².